The highest BCUT2D eigenvalue weighted by molar-refractivity contribution is 14.1. The summed E-state index contributed by atoms with van der Waals surface area (Å²) in [6.07, 6.45) is 2.48. The van der Waals surface area contributed by atoms with Crippen molar-refractivity contribution in [2.75, 3.05) is 11.0 Å². The van der Waals surface area contributed by atoms with E-state index in [4.69, 9.17) is 4.43 Å². The van der Waals surface area contributed by atoms with Gasteiger partial charge < -0.3 is 4.43 Å². The van der Waals surface area contributed by atoms with E-state index >= 15 is 0 Å². The van der Waals surface area contributed by atoms with Crippen molar-refractivity contribution in [1.29, 1.82) is 0 Å². The molecule has 0 bridgehead atoms. The quantitative estimate of drug-likeness (QED) is 0.413. The van der Waals surface area contributed by atoms with Gasteiger partial charge in [-0.05, 0) is 36.4 Å². The van der Waals surface area contributed by atoms with Crippen LogP contribution < -0.4 is 0 Å². The van der Waals surface area contributed by atoms with Crippen LogP contribution >= 0.6 is 22.6 Å². The molecule has 11 heavy (non-hydrogen) atoms. The largest absolute Gasteiger partial charge is 0.417 e. The molecule has 0 aliphatic rings. The van der Waals surface area contributed by atoms with Gasteiger partial charge in [-0.2, -0.15) is 0 Å². The summed E-state index contributed by atoms with van der Waals surface area (Å²) in [5, 5.41) is 0. The lowest BCUT2D eigenvalue weighted by Crippen LogP contribution is -2.30. The Labute approximate surface area is 85.2 Å². The highest BCUT2D eigenvalue weighted by Crippen LogP contribution is 2.14. The van der Waals surface area contributed by atoms with Crippen LogP contribution in [0.25, 0.3) is 0 Å². The van der Waals surface area contributed by atoms with E-state index in [0.717, 1.165) is 13.0 Å². The number of rotatable bonds is 6. The Kier molecular flexibility index (Phi) is 6.96. The van der Waals surface area contributed by atoms with E-state index in [-0.39, 0.29) is 0 Å². The minimum atomic E-state index is -1.25. The monoisotopic (exact) mass is 286 g/mol. The molecule has 68 valence electrons. The van der Waals surface area contributed by atoms with Crippen molar-refractivity contribution in [3.63, 3.8) is 0 Å². The number of alkyl halides is 1. The first-order chi connectivity index (χ1) is 5.12. The molecule has 0 radical (unpaired) electrons. The maximum atomic E-state index is 5.82. The van der Waals surface area contributed by atoms with E-state index < -0.39 is 8.32 Å². The van der Waals surface area contributed by atoms with Crippen molar-refractivity contribution in [3.05, 3.63) is 0 Å². The zero-order chi connectivity index (χ0) is 8.74. The molecule has 1 nitrogen and oxygen atoms in total. The summed E-state index contributed by atoms with van der Waals surface area (Å²) in [6.45, 7) is 7.76. The Bertz CT molecular complexity index is 86.1. The minimum absolute atomic E-state index is 0.959. The fraction of sp³-hybridized carbons (Fsp3) is 1.00. The third kappa shape index (κ3) is 7.27. The third-order valence-electron chi connectivity index (χ3n) is 1.61. The summed E-state index contributed by atoms with van der Waals surface area (Å²) >= 11 is 2.43. The summed E-state index contributed by atoms with van der Waals surface area (Å²) in [7, 11) is -1.25. The van der Waals surface area contributed by atoms with Gasteiger partial charge in [-0.15, -0.1) is 0 Å². The highest BCUT2D eigenvalue weighted by Gasteiger charge is 2.20. The van der Waals surface area contributed by atoms with Crippen LogP contribution in [0.3, 0.4) is 0 Å². The predicted octanol–water partition coefficient (Wildman–Crippen LogP) is 3.44. The standard InChI is InChI=1S/C8H19IOSi/c1-4-7-10-11(2,3)8-5-6-9/h4-8H2,1-3H3. The second kappa shape index (κ2) is 6.43. The van der Waals surface area contributed by atoms with Gasteiger partial charge in [0.25, 0.3) is 0 Å². The second-order valence-electron chi connectivity index (χ2n) is 3.40. The normalized spacial score (nSPS) is 12.0. The molecule has 0 saturated carbocycles. The average molecular weight is 286 g/mol. The van der Waals surface area contributed by atoms with Crippen molar-refractivity contribution in [1.82, 2.24) is 0 Å². The van der Waals surface area contributed by atoms with Gasteiger partial charge in [-0.25, -0.2) is 0 Å². The fourth-order valence-electron chi connectivity index (χ4n) is 0.943. The van der Waals surface area contributed by atoms with Gasteiger partial charge in [0.05, 0.1) is 0 Å². The number of hydrogen-bond donors (Lipinski definition) is 0. The molecule has 0 rings (SSSR count). The van der Waals surface area contributed by atoms with E-state index in [0.29, 0.717) is 0 Å². The molecule has 0 aliphatic carbocycles. The van der Waals surface area contributed by atoms with Crippen molar-refractivity contribution >= 4 is 30.9 Å². The Hall–Kier alpha value is 0.907. The molecule has 0 saturated heterocycles. The van der Waals surface area contributed by atoms with Crippen LogP contribution in [0.5, 0.6) is 0 Å². The highest BCUT2D eigenvalue weighted by atomic mass is 127. The molecule has 0 amide bonds. The van der Waals surface area contributed by atoms with Crippen LogP contribution in [0.4, 0.5) is 0 Å². The number of halogens is 1. The summed E-state index contributed by atoms with van der Waals surface area (Å²) in [5.74, 6) is 0. The average Bonchev–Trinajstić information content (AvgIpc) is 1.97. The Morgan fingerprint density at radius 1 is 1.36 bits per heavy atom. The van der Waals surface area contributed by atoms with Crippen molar-refractivity contribution in [3.8, 4) is 0 Å². The molecule has 0 fully saturated rings. The predicted molar refractivity (Wildman–Crippen MR) is 62.0 cm³/mol. The third-order valence-corrected chi connectivity index (χ3v) is 4.92. The van der Waals surface area contributed by atoms with E-state index in [1.54, 1.807) is 0 Å². The van der Waals surface area contributed by atoms with Gasteiger partial charge in [-0.1, -0.05) is 29.5 Å². The van der Waals surface area contributed by atoms with Gasteiger partial charge in [0.2, 0.25) is 0 Å². The molecular weight excluding hydrogens is 267 g/mol. The fourth-order valence-corrected chi connectivity index (χ4v) is 3.97. The first kappa shape index (κ1) is 11.9. The maximum absolute atomic E-state index is 5.82. The van der Waals surface area contributed by atoms with Crippen molar-refractivity contribution < 1.29 is 4.43 Å². The maximum Gasteiger partial charge on any atom is 0.186 e. The minimum Gasteiger partial charge on any atom is -0.417 e. The first-order valence-electron chi connectivity index (χ1n) is 4.32. The van der Waals surface area contributed by atoms with E-state index in [9.17, 15) is 0 Å². The molecule has 0 aromatic heterocycles. The first-order valence-corrected chi connectivity index (χ1v) is 8.96. The van der Waals surface area contributed by atoms with Crippen LogP contribution in [0.2, 0.25) is 19.1 Å². The molecule has 0 spiro atoms. The van der Waals surface area contributed by atoms with E-state index in [2.05, 4.69) is 42.6 Å². The van der Waals surface area contributed by atoms with Crippen LogP contribution in [-0.4, -0.2) is 19.4 Å². The van der Waals surface area contributed by atoms with Gasteiger partial charge in [0.15, 0.2) is 8.32 Å². The molecule has 0 heterocycles. The molecule has 0 atom stereocenters. The SMILES string of the molecule is CCCO[Si](C)(C)CCCI. The number of hydrogen-bond acceptors (Lipinski definition) is 1. The lowest BCUT2D eigenvalue weighted by Gasteiger charge is -2.21. The molecular formula is C8H19IOSi. The van der Waals surface area contributed by atoms with Crippen molar-refractivity contribution in [2.24, 2.45) is 0 Å². The van der Waals surface area contributed by atoms with Gasteiger partial charge in [0, 0.05) is 6.61 Å². The lowest BCUT2D eigenvalue weighted by molar-refractivity contribution is 0.306. The second-order valence-corrected chi connectivity index (χ2v) is 8.79. The molecule has 0 aromatic rings. The van der Waals surface area contributed by atoms with Gasteiger partial charge in [-0.3, -0.25) is 0 Å². The summed E-state index contributed by atoms with van der Waals surface area (Å²) in [6, 6.07) is 1.32. The summed E-state index contributed by atoms with van der Waals surface area (Å²) < 4.78 is 7.08. The lowest BCUT2D eigenvalue weighted by atomic mass is 10.5. The zero-order valence-electron chi connectivity index (χ0n) is 7.82. The van der Waals surface area contributed by atoms with E-state index in [1.807, 2.05) is 0 Å². The molecule has 0 aliphatic heterocycles. The van der Waals surface area contributed by atoms with Crippen LogP contribution in [0.1, 0.15) is 19.8 Å². The van der Waals surface area contributed by atoms with Crippen molar-refractivity contribution in [2.45, 2.75) is 38.9 Å². The van der Waals surface area contributed by atoms with Crippen LogP contribution in [0.15, 0.2) is 0 Å². The van der Waals surface area contributed by atoms with Crippen LogP contribution in [-0.2, 0) is 4.43 Å². The topological polar surface area (TPSA) is 9.23 Å². The molecule has 0 unspecified atom stereocenters. The van der Waals surface area contributed by atoms with Gasteiger partial charge >= 0.3 is 0 Å². The van der Waals surface area contributed by atoms with E-state index in [1.165, 1.54) is 16.9 Å². The Morgan fingerprint density at radius 2 is 2.00 bits per heavy atom. The summed E-state index contributed by atoms with van der Waals surface area (Å²) in [4.78, 5) is 0. The Morgan fingerprint density at radius 3 is 2.45 bits per heavy atom. The van der Waals surface area contributed by atoms with Crippen LogP contribution in [0, 0.1) is 0 Å². The molecule has 3 heteroatoms. The zero-order valence-corrected chi connectivity index (χ0v) is 11.0. The van der Waals surface area contributed by atoms with Gasteiger partial charge in [0.1, 0.15) is 0 Å². The Balaban J connectivity index is 3.43. The molecule has 0 N–H and O–H groups in total. The smallest absolute Gasteiger partial charge is 0.186 e. The molecule has 0 aromatic carbocycles. The summed E-state index contributed by atoms with van der Waals surface area (Å²) in [5.41, 5.74) is 0.